The molecule has 0 radical (unpaired) electrons. The minimum atomic E-state index is -1.06. The zero-order chi connectivity index (χ0) is 25.4. The minimum Gasteiger partial charge on any atom is -0.486 e. The van der Waals surface area contributed by atoms with Crippen LogP contribution in [0, 0.1) is 0 Å². The smallest absolute Gasteiger partial charge is 0.247 e. The number of carbonyl (C=O) groups excluding carboxylic acids is 3. The molecule has 9 nitrogen and oxygen atoms in total. The van der Waals surface area contributed by atoms with Gasteiger partial charge in [-0.05, 0) is 38.8 Å². The Morgan fingerprint density at radius 2 is 1.94 bits per heavy atom. The number of hydrogen-bond acceptors (Lipinski definition) is 7. The molecule has 1 aliphatic carbocycles. The van der Waals surface area contributed by atoms with Gasteiger partial charge < -0.3 is 34.7 Å². The molecule has 1 aliphatic heterocycles. The number of amides is 2. The molecule has 0 aromatic heterocycles. The van der Waals surface area contributed by atoms with Crippen molar-refractivity contribution in [1.82, 2.24) is 10.2 Å². The number of ketones is 1. The first-order chi connectivity index (χ1) is 16.9. The number of benzene rings is 1. The van der Waals surface area contributed by atoms with Gasteiger partial charge in [0.1, 0.15) is 23.7 Å². The molecule has 9 heteroatoms. The average Bonchev–Trinajstić information content (AvgIpc) is 3.23. The predicted octanol–water partition coefficient (Wildman–Crippen LogP) is 1.32. The molecule has 0 saturated heterocycles. The molecule has 0 bridgehead atoms. The number of Topliss-reactive ketones (excluding diaryl/α,β-unsaturated/α-hetero) is 1. The Kier molecular flexibility index (Phi) is 9.83. The third kappa shape index (κ3) is 6.48. The second-order valence-electron chi connectivity index (χ2n) is 8.87. The van der Waals surface area contributed by atoms with Gasteiger partial charge in [-0.2, -0.15) is 0 Å². The minimum absolute atomic E-state index is 0.0149. The van der Waals surface area contributed by atoms with E-state index in [4.69, 9.17) is 9.47 Å². The molecule has 35 heavy (non-hydrogen) atoms. The summed E-state index contributed by atoms with van der Waals surface area (Å²) in [6.45, 7) is 4.61. The number of carbonyl (C=O) groups is 3. The largest absolute Gasteiger partial charge is 0.486 e. The fraction of sp³-hybridized carbons (Fsp3) is 0.577. The Bertz CT molecular complexity index is 932. The molecule has 1 heterocycles. The standard InChI is InChI=1S/C26H36N2O7/c1-3-34-15-7-13-28(22(31)11-6-8-17(2)30)20-16-19(26(33)27-12-14-29)23-18-9-4-5-10-21(18)35-25(23)24(20)32/h4-5,9-10,16,20,23-25,29,32H,3,6-8,11-15H2,1-2H3,(H,27,33)/t20-,23+,24+,25+/m1/s1. The fourth-order valence-corrected chi connectivity index (χ4v) is 4.74. The van der Waals surface area contributed by atoms with E-state index in [1.54, 1.807) is 17.0 Å². The lowest BCUT2D eigenvalue weighted by atomic mass is 9.77. The Hall–Kier alpha value is -2.75. The summed E-state index contributed by atoms with van der Waals surface area (Å²) < 4.78 is 11.5. The van der Waals surface area contributed by atoms with Crippen LogP contribution < -0.4 is 10.1 Å². The first kappa shape index (κ1) is 26.8. The van der Waals surface area contributed by atoms with Gasteiger partial charge in [0.25, 0.3) is 0 Å². The van der Waals surface area contributed by atoms with Crippen LogP contribution in [0.1, 0.15) is 51.0 Å². The topological polar surface area (TPSA) is 125 Å². The average molecular weight is 489 g/mol. The van der Waals surface area contributed by atoms with Gasteiger partial charge >= 0.3 is 0 Å². The number of nitrogens with one attached hydrogen (secondary N) is 1. The van der Waals surface area contributed by atoms with Crippen molar-refractivity contribution in [3.63, 3.8) is 0 Å². The number of para-hydroxylation sites is 1. The molecular weight excluding hydrogens is 452 g/mol. The zero-order valence-electron chi connectivity index (χ0n) is 20.4. The highest BCUT2D eigenvalue weighted by atomic mass is 16.5. The van der Waals surface area contributed by atoms with E-state index in [-0.39, 0.29) is 37.2 Å². The number of nitrogens with zero attached hydrogens (tertiary/aromatic N) is 1. The molecule has 0 saturated carbocycles. The van der Waals surface area contributed by atoms with Gasteiger partial charge in [-0.3, -0.25) is 9.59 Å². The molecule has 2 aliphatic rings. The van der Waals surface area contributed by atoms with Crippen molar-refractivity contribution >= 4 is 17.6 Å². The van der Waals surface area contributed by atoms with E-state index in [1.807, 2.05) is 25.1 Å². The lowest BCUT2D eigenvalue weighted by Gasteiger charge is -2.41. The molecule has 192 valence electrons. The molecule has 3 rings (SSSR count). The summed E-state index contributed by atoms with van der Waals surface area (Å²) in [5.74, 6) is -0.453. The van der Waals surface area contributed by atoms with Crippen molar-refractivity contribution < 1.29 is 34.1 Å². The lowest BCUT2D eigenvalue weighted by Crippen LogP contribution is -2.56. The number of ether oxygens (including phenoxy) is 2. The van der Waals surface area contributed by atoms with Crippen molar-refractivity contribution in [1.29, 1.82) is 0 Å². The van der Waals surface area contributed by atoms with Crippen LogP contribution in [-0.4, -0.2) is 83.9 Å². The van der Waals surface area contributed by atoms with Gasteiger partial charge in [-0.15, -0.1) is 0 Å². The van der Waals surface area contributed by atoms with Crippen molar-refractivity contribution in [2.75, 3.05) is 32.9 Å². The molecule has 1 aromatic rings. The summed E-state index contributed by atoms with van der Waals surface area (Å²) in [7, 11) is 0. The summed E-state index contributed by atoms with van der Waals surface area (Å²) in [5, 5.41) is 23.3. The van der Waals surface area contributed by atoms with E-state index < -0.39 is 24.2 Å². The maximum absolute atomic E-state index is 13.3. The Morgan fingerprint density at radius 3 is 2.66 bits per heavy atom. The summed E-state index contributed by atoms with van der Waals surface area (Å²) in [5.41, 5.74) is 1.20. The lowest BCUT2D eigenvalue weighted by molar-refractivity contribution is -0.137. The van der Waals surface area contributed by atoms with Gasteiger partial charge in [0.2, 0.25) is 11.8 Å². The monoisotopic (exact) mass is 488 g/mol. The van der Waals surface area contributed by atoms with Crippen LogP contribution in [0.4, 0.5) is 0 Å². The summed E-state index contributed by atoms with van der Waals surface area (Å²) in [6, 6.07) is 6.56. The first-order valence-electron chi connectivity index (χ1n) is 12.3. The van der Waals surface area contributed by atoms with Crippen LogP contribution in [0.15, 0.2) is 35.9 Å². The molecule has 0 unspecified atom stereocenters. The van der Waals surface area contributed by atoms with Gasteiger partial charge in [-0.25, -0.2) is 0 Å². The normalized spacial score (nSPS) is 22.5. The van der Waals surface area contributed by atoms with E-state index in [2.05, 4.69) is 5.32 Å². The van der Waals surface area contributed by atoms with Gasteiger partial charge in [0.05, 0.1) is 18.6 Å². The quantitative estimate of drug-likeness (QED) is 0.358. The summed E-state index contributed by atoms with van der Waals surface area (Å²) >= 11 is 0. The highest BCUT2D eigenvalue weighted by Gasteiger charge is 2.50. The Labute approximate surface area is 206 Å². The van der Waals surface area contributed by atoms with Gasteiger partial charge in [0.15, 0.2) is 0 Å². The molecule has 0 spiro atoms. The maximum Gasteiger partial charge on any atom is 0.247 e. The fourth-order valence-electron chi connectivity index (χ4n) is 4.74. The Morgan fingerprint density at radius 1 is 1.17 bits per heavy atom. The molecule has 0 fully saturated rings. The van der Waals surface area contributed by atoms with Crippen LogP contribution in [0.5, 0.6) is 5.75 Å². The van der Waals surface area contributed by atoms with Crippen LogP contribution in [0.2, 0.25) is 0 Å². The van der Waals surface area contributed by atoms with Crippen molar-refractivity contribution in [3.8, 4) is 5.75 Å². The summed E-state index contributed by atoms with van der Waals surface area (Å²) in [6.07, 6.45) is 1.30. The van der Waals surface area contributed by atoms with Crippen LogP contribution in [0.25, 0.3) is 0 Å². The molecule has 1 aromatic carbocycles. The van der Waals surface area contributed by atoms with Crippen molar-refractivity contribution in [3.05, 3.63) is 41.5 Å². The van der Waals surface area contributed by atoms with Crippen LogP contribution >= 0.6 is 0 Å². The van der Waals surface area contributed by atoms with E-state index in [9.17, 15) is 24.6 Å². The van der Waals surface area contributed by atoms with E-state index in [0.717, 1.165) is 5.56 Å². The molecule has 2 amide bonds. The molecule has 3 N–H and O–H groups in total. The maximum atomic E-state index is 13.3. The first-order valence-corrected chi connectivity index (χ1v) is 12.3. The molecule has 4 atom stereocenters. The van der Waals surface area contributed by atoms with Crippen molar-refractivity contribution in [2.45, 2.75) is 63.7 Å². The number of fused-ring (bicyclic) bond motifs is 3. The molecular formula is C26H36N2O7. The third-order valence-corrected chi connectivity index (χ3v) is 6.37. The second-order valence-corrected chi connectivity index (χ2v) is 8.87. The number of rotatable bonds is 13. The van der Waals surface area contributed by atoms with E-state index in [0.29, 0.717) is 50.3 Å². The van der Waals surface area contributed by atoms with Crippen LogP contribution in [0.3, 0.4) is 0 Å². The van der Waals surface area contributed by atoms with Crippen molar-refractivity contribution in [2.24, 2.45) is 0 Å². The van der Waals surface area contributed by atoms with Gasteiger partial charge in [-0.1, -0.05) is 18.2 Å². The number of aliphatic hydroxyl groups is 2. The third-order valence-electron chi connectivity index (χ3n) is 6.37. The second kappa shape index (κ2) is 12.8. The highest BCUT2D eigenvalue weighted by molar-refractivity contribution is 5.96. The van der Waals surface area contributed by atoms with E-state index in [1.165, 1.54) is 6.92 Å². The van der Waals surface area contributed by atoms with Gasteiger partial charge in [0, 0.05) is 50.3 Å². The zero-order valence-corrected chi connectivity index (χ0v) is 20.4. The van der Waals surface area contributed by atoms with Crippen LogP contribution in [-0.2, 0) is 19.1 Å². The number of aliphatic hydroxyl groups excluding tert-OH is 2. The summed E-state index contributed by atoms with van der Waals surface area (Å²) in [4.78, 5) is 39.3. The SMILES string of the molecule is CCOCCCN(C(=O)CCCC(C)=O)[C@@H]1C=C(C(=O)NCCO)[C@@H]2c3ccccc3O[C@@H]2[C@H]1O. The number of hydrogen-bond donors (Lipinski definition) is 3. The highest BCUT2D eigenvalue weighted by Crippen LogP contribution is 2.47. The van der Waals surface area contributed by atoms with E-state index >= 15 is 0 Å². The predicted molar refractivity (Wildman–Crippen MR) is 129 cm³/mol. The Balaban J connectivity index is 1.93.